The molecule has 1 amide bonds. The monoisotopic (exact) mass is 317 g/mol. The quantitative estimate of drug-likeness (QED) is 0.469. The lowest BCUT2D eigenvalue weighted by Gasteiger charge is -2.25. The van der Waals surface area contributed by atoms with Crippen LogP contribution in [-0.4, -0.2) is 42.4 Å². The van der Waals surface area contributed by atoms with Gasteiger partial charge in [-0.25, -0.2) is 4.99 Å². The van der Waals surface area contributed by atoms with Crippen LogP contribution in [0.4, 0.5) is 11.4 Å². The predicted molar refractivity (Wildman–Crippen MR) is 92.5 cm³/mol. The molecule has 0 atom stereocenters. The highest BCUT2D eigenvalue weighted by Gasteiger charge is 2.13. The van der Waals surface area contributed by atoms with E-state index in [1.54, 1.807) is 24.3 Å². The topological polar surface area (TPSA) is 135 Å². The van der Waals surface area contributed by atoms with Crippen LogP contribution >= 0.6 is 0 Å². The van der Waals surface area contributed by atoms with Crippen molar-refractivity contribution in [3.05, 3.63) is 24.3 Å². The summed E-state index contributed by atoms with van der Waals surface area (Å²) in [6, 6.07) is 6.97. The Morgan fingerprint density at radius 1 is 1.09 bits per heavy atom. The van der Waals surface area contributed by atoms with Crippen molar-refractivity contribution >= 4 is 29.2 Å². The lowest BCUT2D eigenvalue weighted by Crippen LogP contribution is -2.36. The summed E-state index contributed by atoms with van der Waals surface area (Å²) in [6.07, 6.45) is 3.58. The van der Waals surface area contributed by atoms with Crippen molar-refractivity contribution in [1.29, 1.82) is 0 Å². The summed E-state index contributed by atoms with van der Waals surface area (Å²) >= 11 is 0. The van der Waals surface area contributed by atoms with Gasteiger partial charge >= 0.3 is 0 Å². The zero-order chi connectivity index (χ0) is 16.7. The van der Waals surface area contributed by atoms with Crippen LogP contribution in [0.15, 0.2) is 34.3 Å². The number of nitrogens with zero attached hydrogens (tertiary/aromatic N) is 3. The van der Waals surface area contributed by atoms with E-state index in [1.807, 2.05) is 0 Å². The first kappa shape index (κ1) is 16.8. The molecule has 1 fully saturated rings. The van der Waals surface area contributed by atoms with E-state index in [1.165, 1.54) is 6.42 Å². The zero-order valence-electron chi connectivity index (χ0n) is 13.0. The summed E-state index contributed by atoms with van der Waals surface area (Å²) in [7, 11) is 0. The number of nitrogens with two attached hydrogens (primary N) is 3. The van der Waals surface area contributed by atoms with Gasteiger partial charge in [0.1, 0.15) is 0 Å². The van der Waals surface area contributed by atoms with Crippen molar-refractivity contribution in [2.24, 2.45) is 27.2 Å². The van der Waals surface area contributed by atoms with Crippen molar-refractivity contribution in [3.63, 3.8) is 0 Å². The van der Waals surface area contributed by atoms with Gasteiger partial charge < -0.3 is 22.5 Å². The van der Waals surface area contributed by atoms with Gasteiger partial charge in [0.15, 0.2) is 5.96 Å². The maximum Gasteiger partial charge on any atom is 0.238 e. The third-order valence-electron chi connectivity index (χ3n) is 3.45. The number of hydrogen-bond acceptors (Lipinski definition) is 3. The molecule has 0 radical (unpaired) electrons. The van der Waals surface area contributed by atoms with Crippen LogP contribution < -0.4 is 22.5 Å². The Labute approximate surface area is 135 Å². The second-order valence-electron chi connectivity index (χ2n) is 5.44. The number of rotatable bonds is 4. The van der Waals surface area contributed by atoms with Gasteiger partial charge in [0.25, 0.3) is 0 Å². The number of guanidine groups is 2. The smallest absolute Gasteiger partial charge is 0.238 e. The number of carbonyl (C=O) groups is 1. The molecule has 0 unspecified atom stereocenters. The Balaban J connectivity index is 1.89. The first-order chi connectivity index (χ1) is 11.0. The van der Waals surface area contributed by atoms with Crippen molar-refractivity contribution in [2.45, 2.75) is 19.3 Å². The highest BCUT2D eigenvalue weighted by atomic mass is 16.2. The normalized spacial score (nSPS) is 15.9. The van der Waals surface area contributed by atoms with Gasteiger partial charge in [0.2, 0.25) is 11.9 Å². The van der Waals surface area contributed by atoms with Gasteiger partial charge in [-0.1, -0.05) is 6.42 Å². The number of likely N-dealkylation sites (tertiary alicyclic amines) is 1. The molecule has 23 heavy (non-hydrogen) atoms. The van der Waals surface area contributed by atoms with Crippen LogP contribution in [0.1, 0.15) is 19.3 Å². The number of piperidine rings is 1. The molecule has 2 rings (SSSR count). The number of carbonyl (C=O) groups excluding carboxylic acids is 1. The lowest BCUT2D eigenvalue weighted by molar-refractivity contribution is -0.117. The van der Waals surface area contributed by atoms with Crippen LogP contribution in [0.2, 0.25) is 0 Å². The fraction of sp³-hybridized carbons (Fsp3) is 0.400. The summed E-state index contributed by atoms with van der Waals surface area (Å²) < 4.78 is 0. The third kappa shape index (κ3) is 5.95. The molecule has 0 aliphatic carbocycles. The summed E-state index contributed by atoms with van der Waals surface area (Å²) in [5.41, 5.74) is 17.3. The van der Waals surface area contributed by atoms with Crippen LogP contribution in [0.5, 0.6) is 0 Å². The molecular formula is C15H23N7O. The van der Waals surface area contributed by atoms with Gasteiger partial charge in [-0.15, -0.1) is 0 Å². The third-order valence-corrected chi connectivity index (χ3v) is 3.45. The van der Waals surface area contributed by atoms with Crippen LogP contribution in [0.25, 0.3) is 0 Å². The SMILES string of the molecule is NC(N)=NC(N)=Nc1ccc(NC(=O)CN2CCCCC2)cc1. The van der Waals surface area contributed by atoms with E-state index in [2.05, 4.69) is 20.2 Å². The first-order valence-electron chi connectivity index (χ1n) is 7.59. The van der Waals surface area contributed by atoms with E-state index in [4.69, 9.17) is 17.2 Å². The second-order valence-corrected chi connectivity index (χ2v) is 5.44. The first-order valence-corrected chi connectivity index (χ1v) is 7.59. The van der Waals surface area contributed by atoms with Crippen LogP contribution in [-0.2, 0) is 4.79 Å². The summed E-state index contributed by atoms with van der Waals surface area (Å²) in [5, 5.41) is 2.87. The Hall–Kier alpha value is -2.61. The summed E-state index contributed by atoms with van der Waals surface area (Å²) in [6.45, 7) is 2.41. The molecule has 0 bridgehead atoms. The molecule has 1 aliphatic heterocycles. The van der Waals surface area contributed by atoms with Gasteiger partial charge in [-0.3, -0.25) is 9.69 Å². The minimum absolute atomic E-state index is 0.0110. The minimum Gasteiger partial charge on any atom is -0.370 e. The second kappa shape index (κ2) is 8.14. The number of anilines is 1. The van der Waals surface area contributed by atoms with Crippen LogP contribution in [0.3, 0.4) is 0 Å². The Kier molecular flexibility index (Phi) is 5.93. The number of aliphatic imine (C=N–C) groups is 2. The molecule has 124 valence electrons. The Morgan fingerprint density at radius 2 is 1.74 bits per heavy atom. The molecule has 7 N–H and O–H groups in total. The molecule has 1 heterocycles. The molecule has 1 saturated heterocycles. The highest BCUT2D eigenvalue weighted by molar-refractivity contribution is 5.94. The van der Waals surface area contributed by atoms with Crippen molar-refractivity contribution < 1.29 is 4.79 Å². The van der Waals surface area contributed by atoms with Crippen LogP contribution in [0, 0.1) is 0 Å². The average Bonchev–Trinajstić information content (AvgIpc) is 2.49. The number of amides is 1. The fourth-order valence-corrected chi connectivity index (χ4v) is 2.43. The number of hydrogen-bond donors (Lipinski definition) is 4. The maximum atomic E-state index is 12.0. The molecule has 0 saturated carbocycles. The van der Waals surface area contributed by atoms with Gasteiger partial charge in [-0.05, 0) is 50.2 Å². The molecular weight excluding hydrogens is 294 g/mol. The average molecular weight is 317 g/mol. The molecule has 1 aromatic carbocycles. The Morgan fingerprint density at radius 3 is 2.35 bits per heavy atom. The van der Waals surface area contributed by atoms with E-state index in [-0.39, 0.29) is 17.8 Å². The summed E-state index contributed by atoms with van der Waals surface area (Å²) in [4.78, 5) is 21.9. The molecule has 1 aliphatic rings. The number of nitrogens with one attached hydrogen (secondary N) is 1. The fourth-order valence-electron chi connectivity index (χ4n) is 2.43. The van der Waals surface area contributed by atoms with Gasteiger partial charge in [0.05, 0.1) is 12.2 Å². The standard InChI is InChI=1S/C15H23N7O/c16-14(17)21-15(18)20-12-6-4-11(5-7-12)19-13(23)10-22-8-2-1-3-9-22/h4-7H,1-3,8-10H2,(H,19,23)(H6,16,17,18,20,21). The van der Waals surface area contributed by atoms with E-state index in [0.717, 1.165) is 25.9 Å². The molecule has 8 heteroatoms. The zero-order valence-corrected chi connectivity index (χ0v) is 13.0. The lowest BCUT2D eigenvalue weighted by atomic mass is 10.1. The van der Waals surface area contributed by atoms with Gasteiger partial charge in [-0.2, -0.15) is 4.99 Å². The number of benzene rings is 1. The van der Waals surface area contributed by atoms with E-state index in [9.17, 15) is 4.79 Å². The maximum absolute atomic E-state index is 12.0. The predicted octanol–water partition coefficient (Wildman–Crippen LogP) is 0.331. The van der Waals surface area contributed by atoms with Gasteiger partial charge in [0, 0.05) is 5.69 Å². The molecule has 1 aromatic rings. The summed E-state index contributed by atoms with van der Waals surface area (Å²) in [5.74, 6) is -0.178. The minimum atomic E-state index is -0.146. The Bertz CT molecular complexity index is 584. The van der Waals surface area contributed by atoms with E-state index < -0.39 is 0 Å². The van der Waals surface area contributed by atoms with Crippen molar-refractivity contribution in [1.82, 2.24) is 4.90 Å². The molecule has 0 aromatic heterocycles. The van der Waals surface area contributed by atoms with E-state index >= 15 is 0 Å². The van der Waals surface area contributed by atoms with Crippen molar-refractivity contribution in [3.8, 4) is 0 Å². The molecule has 8 nitrogen and oxygen atoms in total. The van der Waals surface area contributed by atoms with Crippen molar-refractivity contribution in [2.75, 3.05) is 25.0 Å². The van der Waals surface area contributed by atoms with E-state index in [0.29, 0.717) is 17.9 Å². The highest BCUT2D eigenvalue weighted by Crippen LogP contribution is 2.16. The largest absolute Gasteiger partial charge is 0.370 e. The molecule has 0 spiro atoms.